The maximum atomic E-state index is 14.3. The first-order valence-corrected chi connectivity index (χ1v) is 10.8. The van der Waals surface area contributed by atoms with Gasteiger partial charge in [0.15, 0.2) is 17.5 Å². The van der Waals surface area contributed by atoms with Crippen LogP contribution in [0.4, 0.5) is 4.39 Å². The predicted octanol–water partition coefficient (Wildman–Crippen LogP) is 4.72. The molecule has 1 aromatic heterocycles. The summed E-state index contributed by atoms with van der Waals surface area (Å²) < 4.78 is 19.9. The second-order valence-electron chi connectivity index (χ2n) is 7.15. The lowest BCUT2D eigenvalue weighted by Crippen LogP contribution is -2.39. The van der Waals surface area contributed by atoms with E-state index in [9.17, 15) is 4.39 Å². The molecule has 1 aliphatic rings. The van der Waals surface area contributed by atoms with Gasteiger partial charge in [-0.3, -0.25) is 4.99 Å². The molecule has 1 aromatic carbocycles. The lowest BCUT2D eigenvalue weighted by atomic mass is 10.1. The molecule has 1 fully saturated rings. The summed E-state index contributed by atoms with van der Waals surface area (Å²) in [5, 5.41) is 9.87. The molecule has 5 nitrogen and oxygen atoms in total. The standard InChI is InChI=1S/C21H29FN4OS.HI/c1-4-20-26-17(13-28-20)9-10-24-21(23-3)25-14(2)16-7-8-19(18(22)11-16)27-12-15-5-6-15;/h7-8,11,13-15H,4-6,9-10,12H2,1-3H3,(H2,23,24,25);1H. The van der Waals surface area contributed by atoms with Crippen LogP contribution in [-0.2, 0) is 12.8 Å². The fourth-order valence-electron chi connectivity index (χ4n) is 2.81. The van der Waals surface area contributed by atoms with Crippen molar-refractivity contribution in [2.45, 2.75) is 45.6 Å². The van der Waals surface area contributed by atoms with Crippen LogP contribution in [0.15, 0.2) is 28.6 Å². The van der Waals surface area contributed by atoms with E-state index in [1.165, 1.54) is 18.9 Å². The minimum Gasteiger partial charge on any atom is -0.490 e. The first kappa shape index (κ1) is 23.9. The number of aromatic nitrogens is 1. The number of thiazole rings is 1. The van der Waals surface area contributed by atoms with E-state index >= 15 is 0 Å². The van der Waals surface area contributed by atoms with E-state index in [1.807, 2.05) is 13.0 Å². The molecule has 1 atom stereocenters. The molecule has 1 aliphatic carbocycles. The number of nitrogens with one attached hydrogen (secondary N) is 2. The zero-order chi connectivity index (χ0) is 19.9. The lowest BCUT2D eigenvalue weighted by Gasteiger charge is -2.19. The Bertz CT molecular complexity index is 810. The van der Waals surface area contributed by atoms with Crippen LogP contribution in [0.1, 0.15) is 49.0 Å². The van der Waals surface area contributed by atoms with Crippen molar-refractivity contribution < 1.29 is 9.13 Å². The summed E-state index contributed by atoms with van der Waals surface area (Å²) in [6.07, 6.45) is 4.19. The summed E-state index contributed by atoms with van der Waals surface area (Å²) in [5.41, 5.74) is 1.95. The number of ether oxygens (including phenoxy) is 1. The Hall–Kier alpha value is -1.42. The third-order valence-corrected chi connectivity index (χ3v) is 5.82. The molecule has 1 saturated carbocycles. The lowest BCUT2D eigenvalue weighted by molar-refractivity contribution is 0.285. The number of rotatable bonds is 9. The summed E-state index contributed by atoms with van der Waals surface area (Å²) in [6.45, 7) is 5.45. The molecule has 29 heavy (non-hydrogen) atoms. The van der Waals surface area contributed by atoms with Gasteiger partial charge in [0, 0.05) is 25.4 Å². The van der Waals surface area contributed by atoms with Gasteiger partial charge in [-0.25, -0.2) is 9.37 Å². The van der Waals surface area contributed by atoms with Crippen molar-refractivity contribution in [1.82, 2.24) is 15.6 Å². The number of hydrogen-bond donors (Lipinski definition) is 2. The van der Waals surface area contributed by atoms with Gasteiger partial charge in [-0.05, 0) is 49.8 Å². The van der Waals surface area contributed by atoms with Crippen LogP contribution >= 0.6 is 35.3 Å². The van der Waals surface area contributed by atoms with E-state index < -0.39 is 0 Å². The van der Waals surface area contributed by atoms with Gasteiger partial charge in [0.05, 0.1) is 23.4 Å². The van der Waals surface area contributed by atoms with Crippen LogP contribution < -0.4 is 15.4 Å². The number of nitrogens with zero attached hydrogens (tertiary/aromatic N) is 2. The minimum absolute atomic E-state index is 0. The molecule has 1 heterocycles. The molecule has 3 rings (SSSR count). The number of halogens is 2. The molecule has 2 aromatic rings. The third-order valence-electron chi connectivity index (χ3n) is 4.78. The number of aliphatic imine (C=N–C) groups is 1. The number of benzene rings is 1. The summed E-state index contributed by atoms with van der Waals surface area (Å²) in [6, 6.07) is 5.07. The topological polar surface area (TPSA) is 58.5 Å². The molecule has 0 aliphatic heterocycles. The van der Waals surface area contributed by atoms with E-state index in [1.54, 1.807) is 24.5 Å². The molecular formula is C21H30FIN4OS. The Labute approximate surface area is 193 Å². The highest BCUT2D eigenvalue weighted by Crippen LogP contribution is 2.30. The second kappa shape index (κ2) is 11.7. The highest BCUT2D eigenvalue weighted by molar-refractivity contribution is 14.0. The van der Waals surface area contributed by atoms with Crippen LogP contribution in [0.2, 0.25) is 0 Å². The highest BCUT2D eigenvalue weighted by Gasteiger charge is 2.22. The summed E-state index contributed by atoms with van der Waals surface area (Å²) in [4.78, 5) is 8.83. The first-order chi connectivity index (χ1) is 13.6. The molecule has 0 amide bonds. The minimum atomic E-state index is -0.315. The fourth-order valence-corrected chi connectivity index (χ4v) is 3.59. The molecule has 160 valence electrons. The van der Waals surface area contributed by atoms with Gasteiger partial charge in [0.25, 0.3) is 0 Å². The van der Waals surface area contributed by atoms with Crippen LogP contribution in [0, 0.1) is 11.7 Å². The summed E-state index contributed by atoms with van der Waals surface area (Å²) in [7, 11) is 1.73. The Kier molecular flexibility index (Phi) is 9.61. The number of aryl methyl sites for hydroxylation is 1. The van der Waals surface area contributed by atoms with Crippen molar-refractivity contribution in [3.05, 3.63) is 45.7 Å². The predicted molar refractivity (Wildman–Crippen MR) is 128 cm³/mol. The summed E-state index contributed by atoms with van der Waals surface area (Å²) in [5.74, 6) is 1.31. The van der Waals surface area contributed by atoms with Gasteiger partial charge in [0.1, 0.15) is 0 Å². The van der Waals surface area contributed by atoms with Gasteiger partial charge < -0.3 is 15.4 Å². The van der Waals surface area contributed by atoms with E-state index in [0.717, 1.165) is 35.7 Å². The molecule has 0 bridgehead atoms. The zero-order valence-electron chi connectivity index (χ0n) is 17.2. The normalized spacial score (nSPS) is 14.8. The van der Waals surface area contributed by atoms with Crippen LogP contribution in [0.3, 0.4) is 0 Å². The Balaban J connectivity index is 0.00000300. The molecule has 0 spiro atoms. The fraction of sp³-hybridized carbons (Fsp3) is 0.524. The average molecular weight is 532 g/mol. The Morgan fingerprint density at radius 1 is 1.41 bits per heavy atom. The Morgan fingerprint density at radius 3 is 2.83 bits per heavy atom. The monoisotopic (exact) mass is 532 g/mol. The first-order valence-electron chi connectivity index (χ1n) is 9.91. The molecule has 1 unspecified atom stereocenters. The van der Waals surface area contributed by atoms with Crippen molar-refractivity contribution in [1.29, 1.82) is 0 Å². The molecule has 0 radical (unpaired) electrons. The Morgan fingerprint density at radius 2 is 2.21 bits per heavy atom. The SMILES string of the molecule is CCc1nc(CCNC(=NC)NC(C)c2ccc(OCC3CC3)c(F)c2)cs1.I. The quantitative estimate of drug-likeness (QED) is 0.279. The molecular weight excluding hydrogens is 502 g/mol. The van der Waals surface area contributed by atoms with E-state index in [2.05, 4.69) is 32.9 Å². The van der Waals surface area contributed by atoms with E-state index in [4.69, 9.17) is 4.74 Å². The zero-order valence-corrected chi connectivity index (χ0v) is 20.4. The van der Waals surface area contributed by atoms with Crippen molar-refractivity contribution in [2.75, 3.05) is 20.2 Å². The number of hydrogen-bond acceptors (Lipinski definition) is 4. The molecule has 2 N–H and O–H groups in total. The molecule has 0 saturated heterocycles. The van der Waals surface area contributed by atoms with Gasteiger partial charge in [-0.1, -0.05) is 13.0 Å². The van der Waals surface area contributed by atoms with Gasteiger partial charge >= 0.3 is 0 Å². The van der Waals surface area contributed by atoms with Gasteiger partial charge in [-0.15, -0.1) is 35.3 Å². The van der Waals surface area contributed by atoms with Crippen LogP contribution in [0.25, 0.3) is 0 Å². The van der Waals surface area contributed by atoms with Crippen LogP contribution in [-0.4, -0.2) is 31.1 Å². The largest absolute Gasteiger partial charge is 0.490 e. The smallest absolute Gasteiger partial charge is 0.191 e. The van der Waals surface area contributed by atoms with Crippen molar-refractivity contribution >= 4 is 41.3 Å². The maximum Gasteiger partial charge on any atom is 0.191 e. The van der Waals surface area contributed by atoms with Crippen molar-refractivity contribution in [3.63, 3.8) is 0 Å². The van der Waals surface area contributed by atoms with Gasteiger partial charge in [0.2, 0.25) is 0 Å². The average Bonchev–Trinajstić information content (AvgIpc) is 3.42. The van der Waals surface area contributed by atoms with Gasteiger partial charge in [-0.2, -0.15) is 0 Å². The van der Waals surface area contributed by atoms with E-state index in [-0.39, 0.29) is 35.8 Å². The third kappa shape index (κ3) is 7.40. The van der Waals surface area contributed by atoms with Crippen molar-refractivity contribution in [3.8, 4) is 5.75 Å². The van der Waals surface area contributed by atoms with Crippen molar-refractivity contribution in [2.24, 2.45) is 10.9 Å². The highest BCUT2D eigenvalue weighted by atomic mass is 127. The van der Waals surface area contributed by atoms with Crippen LogP contribution in [0.5, 0.6) is 5.75 Å². The molecule has 8 heteroatoms. The van der Waals surface area contributed by atoms with E-state index in [0.29, 0.717) is 24.2 Å². The second-order valence-corrected chi connectivity index (χ2v) is 8.09. The maximum absolute atomic E-state index is 14.3. The number of guanidine groups is 1. The summed E-state index contributed by atoms with van der Waals surface area (Å²) >= 11 is 1.70.